The van der Waals surface area contributed by atoms with Gasteiger partial charge in [0.1, 0.15) is 17.2 Å². The van der Waals surface area contributed by atoms with Crippen LogP contribution in [-0.4, -0.2) is 44.1 Å². The maximum Gasteiger partial charge on any atom is 0.417 e. The Morgan fingerprint density at radius 2 is 1.74 bits per heavy atom. The first-order valence-electron chi connectivity index (χ1n) is 12.3. The van der Waals surface area contributed by atoms with Crippen LogP contribution in [0, 0.1) is 0 Å². The third-order valence-electron chi connectivity index (χ3n) is 6.76. The average molecular weight is 533 g/mol. The number of imidazole rings is 1. The molecule has 0 radical (unpaired) electrons. The van der Waals surface area contributed by atoms with Gasteiger partial charge in [-0.1, -0.05) is 30.3 Å². The number of aryl methyl sites for hydroxylation is 1. The molecule has 0 aliphatic rings. The number of amides is 1. The van der Waals surface area contributed by atoms with E-state index in [0.29, 0.717) is 17.2 Å². The van der Waals surface area contributed by atoms with Gasteiger partial charge in [-0.05, 0) is 63.0 Å². The van der Waals surface area contributed by atoms with Crippen LogP contribution in [0.5, 0.6) is 0 Å². The maximum atomic E-state index is 13.8. The van der Waals surface area contributed by atoms with E-state index in [2.05, 4.69) is 22.2 Å². The topological polar surface area (TPSA) is 67.5 Å². The molecular weight excluding hydrogens is 505 g/mol. The third kappa shape index (κ3) is 5.15. The molecular formula is C29H27F3N6O. The molecule has 0 fully saturated rings. The number of rotatable bonds is 6. The Kier molecular flexibility index (Phi) is 6.73. The number of anilines is 1. The Labute approximate surface area is 223 Å². The van der Waals surface area contributed by atoms with Crippen LogP contribution in [0.1, 0.15) is 34.5 Å². The lowest BCUT2D eigenvalue weighted by Gasteiger charge is -2.20. The molecule has 3 heterocycles. The Balaban J connectivity index is 1.59. The van der Waals surface area contributed by atoms with E-state index in [-0.39, 0.29) is 22.9 Å². The van der Waals surface area contributed by atoms with Gasteiger partial charge in [0.15, 0.2) is 0 Å². The molecule has 5 aromatic rings. The van der Waals surface area contributed by atoms with Crippen molar-refractivity contribution in [3.63, 3.8) is 0 Å². The molecule has 200 valence electrons. The molecule has 5 rings (SSSR count). The van der Waals surface area contributed by atoms with Gasteiger partial charge in [-0.2, -0.15) is 18.3 Å². The highest BCUT2D eigenvalue weighted by atomic mass is 19.4. The maximum absolute atomic E-state index is 13.8. The van der Waals surface area contributed by atoms with Gasteiger partial charge < -0.3 is 10.2 Å². The summed E-state index contributed by atoms with van der Waals surface area (Å²) in [7, 11) is 5.60. The van der Waals surface area contributed by atoms with E-state index in [4.69, 9.17) is 4.98 Å². The lowest BCUT2D eigenvalue weighted by Crippen LogP contribution is -2.17. The molecule has 1 unspecified atom stereocenters. The molecule has 1 atom stereocenters. The Bertz CT molecular complexity index is 1650. The van der Waals surface area contributed by atoms with E-state index in [0.717, 1.165) is 17.2 Å². The second kappa shape index (κ2) is 10.0. The number of carbonyl (C=O) groups is 1. The van der Waals surface area contributed by atoms with Crippen molar-refractivity contribution in [3.05, 3.63) is 95.8 Å². The predicted molar refractivity (Wildman–Crippen MR) is 144 cm³/mol. The smallest absolute Gasteiger partial charge is 0.306 e. The molecule has 0 bridgehead atoms. The Morgan fingerprint density at radius 1 is 1.00 bits per heavy atom. The van der Waals surface area contributed by atoms with Crippen molar-refractivity contribution < 1.29 is 18.0 Å². The van der Waals surface area contributed by atoms with Crippen LogP contribution in [-0.2, 0) is 13.2 Å². The Morgan fingerprint density at radius 3 is 2.38 bits per heavy atom. The molecule has 0 aliphatic carbocycles. The summed E-state index contributed by atoms with van der Waals surface area (Å²) in [5.74, 6) is -0.143. The van der Waals surface area contributed by atoms with E-state index in [1.807, 2.05) is 62.8 Å². The highest BCUT2D eigenvalue weighted by Gasteiger charge is 2.34. The zero-order valence-corrected chi connectivity index (χ0v) is 21.9. The van der Waals surface area contributed by atoms with Gasteiger partial charge in [-0.15, -0.1) is 0 Å². The number of benzene rings is 2. The van der Waals surface area contributed by atoms with Crippen molar-refractivity contribution in [2.24, 2.45) is 7.05 Å². The highest BCUT2D eigenvalue weighted by molar-refractivity contribution is 6.06. The fraction of sp³-hybridized carbons (Fsp3) is 0.207. The van der Waals surface area contributed by atoms with Crippen LogP contribution in [0.25, 0.3) is 28.2 Å². The zero-order chi connectivity index (χ0) is 27.9. The first-order chi connectivity index (χ1) is 18.5. The first-order valence-corrected chi connectivity index (χ1v) is 12.3. The summed E-state index contributed by atoms with van der Waals surface area (Å²) >= 11 is 0. The van der Waals surface area contributed by atoms with Crippen LogP contribution in [0.2, 0.25) is 0 Å². The standard InChI is InChI=1S/C29H27F3N6O/c1-18(36(2)3)20-12-15-38-25(17-20)33-26(19-8-6-5-7-9-19)27(38)34-28(39)21-10-11-23(29(30,31)32)22(16-21)24-13-14-37(4)35-24/h5-18H,1-4H3,(H,34,39). The van der Waals surface area contributed by atoms with E-state index in [1.54, 1.807) is 17.6 Å². The van der Waals surface area contributed by atoms with E-state index in [1.165, 1.54) is 22.9 Å². The number of hydrogen-bond acceptors (Lipinski definition) is 4. The number of aromatic nitrogens is 4. The zero-order valence-electron chi connectivity index (χ0n) is 21.9. The van der Waals surface area contributed by atoms with Crippen LogP contribution in [0.4, 0.5) is 19.0 Å². The number of alkyl halides is 3. The SMILES string of the molecule is CC(c1ccn2c(NC(=O)c3ccc(C(F)(F)F)c(-c4ccn(C)n4)c3)c(-c3ccccc3)nc2c1)N(C)C. The minimum Gasteiger partial charge on any atom is -0.306 e. The monoisotopic (exact) mass is 532 g/mol. The van der Waals surface area contributed by atoms with Gasteiger partial charge in [-0.3, -0.25) is 13.9 Å². The van der Waals surface area contributed by atoms with E-state index in [9.17, 15) is 18.0 Å². The minimum absolute atomic E-state index is 0.0652. The second-order valence-corrected chi connectivity index (χ2v) is 9.59. The summed E-state index contributed by atoms with van der Waals surface area (Å²) in [4.78, 5) is 20.4. The van der Waals surface area contributed by atoms with Crippen molar-refractivity contribution >= 4 is 17.4 Å². The Hall–Kier alpha value is -4.44. The van der Waals surface area contributed by atoms with E-state index < -0.39 is 17.6 Å². The predicted octanol–water partition coefficient (Wildman–Crippen LogP) is 6.30. The lowest BCUT2D eigenvalue weighted by atomic mass is 10.0. The van der Waals surface area contributed by atoms with Crippen molar-refractivity contribution in [1.82, 2.24) is 24.1 Å². The van der Waals surface area contributed by atoms with Gasteiger partial charge in [-0.25, -0.2) is 4.98 Å². The van der Waals surface area contributed by atoms with Gasteiger partial charge >= 0.3 is 6.18 Å². The van der Waals surface area contributed by atoms with Crippen molar-refractivity contribution in [2.45, 2.75) is 19.1 Å². The number of nitrogens with zero attached hydrogens (tertiary/aromatic N) is 5. The minimum atomic E-state index is -4.61. The molecule has 0 saturated heterocycles. The fourth-order valence-electron chi connectivity index (χ4n) is 4.42. The van der Waals surface area contributed by atoms with Crippen molar-refractivity contribution in [2.75, 3.05) is 19.4 Å². The number of halogens is 3. The molecule has 1 N–H and O–H groups in total. The molecule has 0 spiro atoms. The van der Waals surface area contributed by atoms with Crippen molar-refractivity contribution in [3.8, 4) is 22.5 Å². The quantitative estimate of drug-likeness (QED) is 0.279. The molecule has 10 heteroatoms. The molecule has 2 aromatic carbocycles. The number of pyridine rings is 1. The second-order valence-electron chi connectivity index (χ2n) is 9.59. The average Bonchev–Trinajstić information content (AvgIpc) is 3.51. The molecule has 3 aromatic heterocycles. The largest absolute Gasteiger partial charge is 0.417 e. The molecule has 0 saturated carbocycles. The van der Waals surface area contributed by atoms with Crippen molar-refractivity contribution in [1.29, 1.82) is 0 Å². The summed E-state index contributed by atoms with van der Waals surface area (Å²) in [5.41, 5.74) is 2.20. The fourth-order valence-corrected chi connectivity index (χ4v) is 4.42. The van der Waals surface area contributed by atoms with Gasteiger partial charge in [0.2, 0.25) is 0 Å². The van der Waals surface area contributed by atoms with Gasteiger partial charge in [0, 0.05) is 42.2 Å². The summed E-state index contributed by atoms with van der Waals surface area (Å²) in [6, 6.07) is 18.3. The molecule has 39 heavy (non-hydrogen) atoms. The van der Waals surface area contributed by atoms with Crippen LogP contribution < -0.4 is 5.32 Å². The van der Waals surface area contributed by atoms with Gasteiger partial charge in [0.25, 0.3) is 5.91 Å². The van der Waals surface area contributed by atoms with Crippen LogP contribution in [0.15, 0.2) is 79.1 Å². The molecule has 1 amide bonds. The number of nitrogens with one attached hydrogen (secondary N) is 1. The third-order valence-corrected chi connectivity index (χ3v) is 6.76. The molecule has 7 nitrogen and oxygen atoms in total. The number of hydrogen-bond donors (Lipinski definition) is 1. The summed E-state index contributed by atoms with van der Waals surface area (Å²) in [5, 5.41) is 7.03. The summed E-state index contributed by atoms with van der Waals surface area (Å²) in [6.45, 7) is 2.08. The van der Waals surface area contributed by atoms with Crippen LogP contribution >= 0.6 is 0 Å². The number of carbonyl (C=O) groups excluding carboxylic acids is 1. The first kappa shape index (κ1) is 26.2. The van der Waals surface area contributed by atoms with Gasteiger partial charge in [0.05, 0.1) is 11.3 Å². The number of fused-ring (bicyclic) bond motifs is 1. The summed E-state index contributed by atoms with van der Waals surface area (Å²) < 4.78 is 44.5. The molecule has 0 aliphatic heterocycles. The highest BCUT2D eigenvalue weighted by Crippen LogP contribution is 2.37. The van der Waals surface area contributed by atoms with E-state index >= 15 is 0 Å². The summed E-state index contributed by atoms with van der Waals surface area (Å²) in [6.07, 6.45) is -1.21. The lowest BCUT2D eigenvalue weighted by molar-refractivity contribution is -0.137. The normalized spacial score (nSPS) is 12.7. The van der Waals surface area contributed by atoms with Crippen LogP contribution in [0.3, 0.4) is 0 Å².